The molecule has 104 valence electrons. The van der Waals surface area contributed by atoms with Crippen LogP contribution in [0.4, 0.5) is 0 Å². The molecule has 3 fully saturated rings. The minimum atomic E-state index is 0.512. The molecule has 2 heteroatoms. The maximum absolute atomic E-state index is 3.93. The summed E-state index contributed by atoms with van der Waals surface area (Å²) in [5.41, 5.74) is 1.09. The molecule has 2 nitrogen and oxygen atoms in total. The van der Waals surface area contributed by atoms with Crippen molar-refractivity contribution in [1.29, 1.82) is 0 Å². The van der Waals surface area contributed by atoms with E-state index in [4.69, 9.17) is 0 Å². The highest BCUT2D eigenvalue weighted by atomic mass is 15.2. The van der Waals surface area contributed by atoms with Gasteiger partial charge in [-0.15, -0.1) is 0 Å². The summed E-state index contributed by atoms with van der Waals surface area (Å²) in [6, 6.07) is 0.742. The Kier molecular flexibility index (Phi) is 3.22. The second kappa shape index (κ2) is 4.49. The van der Waals surface area contributed by atoms with Crippen LogP contribution in [0.15, 0.2) is 0 Å². The van der Waals surface area contributed by atoms with E-state index in [1.807, 2.05) is 0 Å². The van der Waals surface area contributed by atoms with Crippen LogP contribution >= 0.6 is 0 Å². The molecule has 2 saturated carbocycles. The predicted octanol–water partition coefficient (Wildman–Crippen LogP) is 2.89. The number of fused-ring (bicyclic) bond motifs is 2. The summed E-state index contributed by atoms with van der Waals surface area (Å²) in [6.07, 6.45) is 7.20. The molecular formula is C16H30N2. The number of hydrogen-bond donors (Lipinski definition) is 1. The quantitative estimate of drug-likeness (QED) is 0.825. The van der Waals surface area contributed by atoms with Crippen molar-refractivity contribution in [2.45, 2.75) is 58.9 Å². The fourth-order valence-corrected chi connectivity index (χ4v) is 5.18. The molecule has 1 saturated heterocycles. The van der Waals surface area contributed by atoms with Crippen LogP contribution in [0.3, 0.4) is 0 Å². The molecule has 0 aromatic heterocycles. The van der Waals surface area contributed by atoms with Gasteiger partial charge in [-0.25, -0.2) is 0 Å². The molecule has 1 heterocycles. The third-order valence-electron chi connectivity index (χ3n) is 6.24. The van der Waals surface area contributed by atoms with Gasteiger partial charge in [-0.05, 0) is 61.9 Å². The van der Waals surface area contributed by atoms with Crippen LogP contribution in [0.5, 0.6) is 0 Å². The van der Waals surface area contributed by atoms with E-state index < -0.39 is 0 Å². The largest absolute Gasteiger partial charge is 0.312 e. The second-order valence-corrected chi connectivity index (χ2v) is 7.85. The zero-order valence-corrected chi connectivity index (χ0v) is 12.5. The smallest absolute Gasteiger partial charge is 0.0175 e. The average molecular weight is 250 g/mol. The van der Waals surface area contributed by atoms with E-state index in [9.17, 15) is 0 Å². The highest BCUT2D eigenvalue weighted by molar-refractivity contribution is 5.11. The van der Waals surface area contributed by atoms with Crippen molar-refractivity contribution < 1.29 is 0 Å². The Hall–Kier alpha value is -0.0800. The van der Waals surface area contributed by atoms with E-state index in [0.717, 1.165) is 12.0 Å². The normalized spacial score (nSPS) is 42.8. The van der Waals surface area contributed by atoms with Crippen LogP contribution in [-0.4, -0.2) is 37.1 Å². The van der Waals surface area contributed by atoms with E-state index in [0.29, 0.717) is 10.8 Å². The topological polar surface area (TPSA) is 15.3 Å². The number of nitrogens with zero attached hydrogens (tertiary/aromatic N) is 1. The highest BCUT2D eigenvalue weighted by Gasteiger charge is 2.58. The molecule has 3 rings (SSSR count). The van der Waals surface area contributed by atoms with Crippen LogP contribution in [0.2, 0.25) is 0 Å². The number of nitrogens with one attached hydrogen (secondary N) is 1. The number of likely N-dealkylation sites (tertiary alicyclic amines) is 1. The van der Waals surface area contributed by atoms with Gasteiger partial charge in [0, 0.05) is 19.1 Å². The molecule has 0 aromatic rings. The van der Waals surface area contributed by atoms with Crippen LogP contribution in [0.25, 0.3) is 0 Å². The maximum Gasteiger partial charge on any atom is 0.0175 e. The summed E-state index contributed by atoms with van der Waals surface area (Å²) in [7, 11) is 0. The maximum atomic E-state index is 3.93. The summed E-state index contributed by atoms with van der Waals surface area (Å²) in [5.74, 6) is 0.965. The van der Waals surface area contributed by atoms with Gasteiger partial charge in [-0.1, -0.05) is 20.8 Å². The van der Waals surface area contributed by atoms with Crippen molar-refractivity contribution in [2.24, 2.45) is 16.7 Å². The molecular weight excluding hydrogens is 220 g/mol. The third kappa shape index (κ3) is 2.02. The van der Waals surface area contributed by atoms with E-state index >= 15 is 0 Å². The van der Waals surface area contributed by atoms with Gasteiger partial charge in [-0.2, -0.15) is 0 Å². The molecule has 3 atom stereocenters. The predicted molar refractivity (Wildman–Crippen MR) is 76.7 cm³/mol. The van der Waals surface area contributed by atoms with Crippen molar-refractivity contribution in [2.75, 3.05) is 26.2 Å². The Morgan fingerprint density at radius 3 is 2.50 bits per heavy atom. The molecule has 2 bridgehead atoms. The first kappa shape index (κ1) is 12.9. The lowest BCUT2D eigenvalue weighted by Gasteiger charge is -2.43. The highest BCUT2D eigenvalue weighted by Crippen LogP contribution is 2.62. The summed E-state index contributed by atoms with van der Waals surface area (Å²) in [4.78, 5) is 2.62. The van der Waals surface area contributed by atoms with E-state index in [1.54, 1.807) is 0 Å². The van der Waals surface area contributed by atoms with Gasteiger partial charge >= 0.3 is 0 Å². The van der Waals surface area contributed by atoms with Crippen molar-refractivity contribution in [3.63, 3.8) is 0 Å². The summed E-state index contributed by atoms with van der Waals surface area (Å²) < 4.78 is 0. The Morgan fingerprint density at radius 2 is 1.89 bits per heavy atom. The molecule has 2 aliphatic carbocycles. The Labute approximate surface area is 113 Å². The van der Waals surface area contributed by atoms with E-state index in [-0.39, 0.29) is 0 Å². The molecule has 0 amide bonds. The zero-order valence-electron chi connectivity index (χ0n) is 12.5. The molecule has 0 aromatic carbocycles. The second-order valence-electron chi connectivity index (χ2n) is 7.85. The molecule has 1 unspecified atom stereocenters. The monoisotopic (exact) mass is 250 g/mol. The molecule has 18 heavy (non-hydrogen) atoms. The van der Waals surface area contributed by atoms with Gasteiger partial charge < -0.3 is 10.2 Å². The Balaban J connectivity index is 1.55. The first-order valence-corrected chi connectivity index (χ1v) is 7.98. The van der Waals surface area contributed by atoms with Crippen LogP contribution < -0.4 is 5.32 Å². The van der Waals surface area contributed by atoms with Crippen molar-refractivity contribution >= 4 is 0 Å². The van der Waals surface area contributed by atoms with Gasteiger partial charge in [0.15, 0.2) is 0 Å². The minimum Gasteiger partial charge on any atom is -0.312 e. The number of rotatable bonds is 4. The lowest BCUT2D eigenvalue weighted by molar-refractivity contribution is 0.107. The summed E-state index contributed by atoms with van der Waals surface area (Å²) in [6.45, 7) is 12.6. The average Bonchev–Trinajstić information content (AvgIpc) is 2.96. The van der Waals surface area contributed by atoms with Gasteiger partial charge in [0.25, 0.3) is 0 Å². The molecule has 0 spiro atoms. The molecule has 3 aliphatic rings. The first-order valence-electron chi connectivity index (χ1n) is 7.98. The van der Waals surface area contributed by atoms with Gasteiger partial charge in [0.2, 0.25) is 0 Å². The van der Waals surface area contributed by atoms with Crippen molar-refractivity contribution in [3.05, 3.63) is 0 Å². The lowest BCUT2D eigenvalue weighted by atomic mass is 9.68. The van der Waals surface area contributed by atoms with E-state index in [2.05, 4.69) is 31.0 Å². The summed E-state index contributed by atoms with van der Waals surface area (Å²) >= 11 is 0. The van der Waals surface area contributed by atoms with Crippen molar-refractivity contribution in [1.82, 2.24) is 10.2 Å². The van der Waals surface area contributed by atoms with Crippen LogP contribution in [0, 0.1) is 16.7 Å². The van der Waals surface area contributed by atoms with Gasteiger partial charge in [0.05, 0.1) is 0 Å². The van der Waals surface area contributed by atoms with Crippen LogP contribution in [-0.2, 0) is 0 Å². The Bertz CT molecular complexity index is 301. The molecule has 0 radical (unpaired) electrons. The molecule has 1 aliphatic heterocycles. The fraction of sp³-hybridized carbons (Fsp3) is 1.00. The zero-order chi connectivity index (χ0) is 12.8. The third-order valence-corrected chi connectivity index (χ3v) is 6.24. The number of hydrogen-bond acceptors (Lipinski definition) is 2. The lowest BCUT2D eigenvalue weighted by Crippen LogP contribution is -2.51. The fourth-order valence-electron chi connectivity index (χ4n) is 5.18. The van der Waals surface area contributed by atoms with Gasteiger partial charge in [-0.3, -0.25) is 0 Å². The van der Waals surface area contributed by atoms with Crippen molar-refractivity contribution in [3.8, 4) is 0 Å². The minimum absolute atomic E-state index is 0.512. The van der Waals surface area contributed by atoms with Crippen LogP contribution in [0.1, 0.15) is 52.9 Å². The summed E-state index contributed by atoms with van der Waals surface area (Å²) in [5, 5.41) is 3.93. The standard InChI is InChI=1S/C16H30N2/c1-15(2)13-6-7-16(3,12-13)14(15)17-8-11-18-9-4-5-10-18/h13-14,17H,4-12H2,1-3H3/t13-,14?,16+/m0/s1. The molecule has 1 N–H and O–H groups in total. The Morgan fingerprint density at radius 1 is 1.17 bits per heavy atom. The van der Waals surface area contributed by atoms with E-state index in [1.165, 1.54) is 58.3 Å². The first-order chi connectivity index (χ1) is 8.52. The SMILES string of the molecule is CC1(C)C(NCCN2CCCC2)[C@]2(C)CC[C@H]1C2. The van der Waals surface area contributed by atoms with Gasteiger partial charge in [0.1, 0.15) is 0 Å².